The summed E-state index contributed by atoms with van der Waals surface area (Å²) >= 11 is 0. The van der Waals surface area contributed by atoms with Crippen LogP contribution in [0, 0.1) is 40.5 Å². The molecule has 0 N–H and O–H groups in total. The van der Waals surface area contributed by atoms with Crippen molar-refractivity contribution in [2.75, 3.05) is 0 Å². The topological polar surface area (TPSA) is 0 Å². The highest BCUT2D eigenvalue weighted by Crippen LogP contribution is 2.33. The van der Waals surface area contributed by atoms with E-state index in [0.29, 0.717) is 5.92 Å². The van der Waals surface area contributed by atoms with Crippen molar-refractivity contribution in [2.45, 2.75) is 87.5 Å². The van der Waals surface area contributed by atoms with Crippen LogP contribution in [0.2, 0.25) is 0 Å². The van der Waals surface area contributed by atoms with Gasteiger partial charge in [0.1, 0.15) is 0 Å². The van der Waals surface area contributed by atoms with Crippen LogP contribution in [-0.4, -0.2) is 9.52 Å². The van der Waals surface area contributed by atoms with Crippen molar-refractivity contribution >= 4 is 14.7 Å². The standard InChI is InChI=1S/C24H38Si/c1-9-10-11-12-21-13-22(15(2)3)23(14-21)25-24-19(7)17(5)16(4)18(6)20(24)8/h13,15H,9-12,14,25H2,1-8H3. The van der Waals surface area contributed by atoms with Crippen LogP contribution in [0.15, 0.2) is 22.4 Å². The number of allylic oxidation sites excluding steroid dienone is 4. The molecule has 0 saturated heterocycles. The molecule has 0 amide bonds. The molecule has 0 saturated carbocycles. The Labute approximate surface area is 158 Å². The number of hydrogen-bond donors (Lipinski definition) is 0. The highest BCUT2D eigenvalue weighted by atomic mass is 28.2. The Hall–Kier alpha value is -1.08. The zero-order valence-electron chi connectivity index (χ0n) is 17.9. The number of rotatable bonds is 7. The summed E-state index contributed by atoms with van der Waals surface area (Å²) < 4.78 is 0. The highest BCUT2D eigenvalue weighted by molar-refractivity contribution is 6.62. The second kappa shape index (κ2) is 8.53. The fraction of sp³-hybridized carbons (Fsp3) is 0.583. The quantitative estimate of drug-likeness (QED) is 0.426. The summed E-state index contributed by atoms with van der Waals surface area (Å²) in [5.41, 5.74) is 11.1. The van der Waals surface area contributed by atoms with E-state index >= 15 is 0 Å². The lowest BCUT2D eigenvalue weighted by Crippen LogP contribution is -2.26. The van der Waals surface area contributed by atoms with Crippen LogP contribution in [0.5, 0.6) is 0 Å². The molecule has 0 radical (unpaired) electrons. The average Bonchev–Trinajstić information content (AvgIpc) is 2.98. The predicted octanol–water partition coefficient (Wildman–Crippen LogP) is 5.84. The zero-order valence-corrected chi connectivity index (χ0v) is 19.3. The lowest BCUT2D eigenvalue weighted by molar-refractivity contribution is 0.708. The number of unbranched alkanes of at least 4 members (excludes halogenated alkanes) is 2. The van der Waals surface area contributed by atoms with Crippen LogP contribution < -0.4 is 5.19 Å². The lowest BCUT2D eigenvalue weighted by atomic mass is 9.95. The fourth-order valence-electron chi connectivity index (χ4n) is 4.31. The van der Waals surface area contributed by atoms with Gasteiger partial charge in [-0.25, -0.2) is 0 Å². The molecule has 1 heteroatoms. The minimum absolute atomic E-state index is 0.375. The number of benzene rings is 1. The summed E-state index contributed by atoms with van der Waals surface area (Å²) in [7, 11) is -0.375. The zero-order chi connectivity index (χ0) is 18.7. The first-order chi connectivity index (χ1) is 11.8. The Morgan fingerprint density at radius 1 is 0.880 bits per heavy atom. The molecule has 0 nitrogen and oxygen atoms in total. The first kappa shape index (κ1) is 20.2. The summed E-state index contributed by atoms with van der Waals surface area (Å²) in [4.78, 5) is 0. The van der Waals surface area contributed by atoms with E-state index in [9.17, 15) is 0 Å². The van der Waals surface area contributed by atoms with Crippen LogP contribution in [0.3, 0.4) is 0 Å². The molecule has 0 spiro atoms. The molecular weight excluding hydrogens is 316 g/mol. The summed E-state index contributed by atoms with van der Waals surface area (Å²) in [6, 6.07) is 0. The monoisotopic (exact) mass is 354 g/mol. The Kier molecular flexibility index (Phi) is 6.91. The fourth-order valence-corrected chi connectivity index (χ4v) is 6.96. The summed E-state index contributed by atoms with van der Waals surface area (Å²) in [6.45, 7) is 18.7. The van der Waals surface area contributed by atoms with Crippen LogP contribution >= 0.6 is 0 Å². The number of hydrogen-bond acceptors (Lipinski definition) is 0. The maximum atomic E-state index is 2.57. The molecule has 0 fully saturated rings. The van der Waals surface area contributed by atoms with Crippen LogP contribution in [0.25, 0.3) is 0 Å². The first-order valence-corrected chi connectivity index (χ1v) is 11.7. The molecular formula is C24H38Si. The van der Waals surface area contributed by atoms with E-state index in [1.54, 1.807) is 27.5 Å². The van der Waals surface area contributed by atoms with E-state index in [4.69, 9.17) is 0 Å². The van der Waals surface area contributed by atoms with Gasteiger partial charge < -0.3 is 0 Å². The lowest BCUT2D eigenvalue weighted by Gasteiger charge is -2.20. The average molecular weight is 355 g/mol. The molecule has 1 aromatic rings. The maximum Gasteiger partial charge on any atom is 0.0839 e. The normalized spacial score (nSPS) is 15.2. The van der Waals surface area contributed by atoms with Gasteiger partial charge in [0.25, 0.3) is 0 Å². The van der Waals surface area contributed by atoms with Crippen molar-refractivity contribution in [3.05, 3.63) is 50.2 Å². The van der Waals surface area contributed by atoms with E-state index < -0.39 is 0 Å². The maximum absolute atomic E-state index is 2.57. The molecule has 2 rings (SSSR count). The molecule has 138 valence electrons. The van der Waals surface area contributed by atoms with E-state index in [0.717, 1.165) is 0 Å². The van der Waals surface area contributed by atoms with Gasteiger partial charge in [-0.3, -0.25) is 0 Å². The third-order valence-electron chi connectivity index (χ3n) is 6.48. The van der Waals surface area contributed by atoms with E-state index in [1.807, 2.05) is 5.20 Å². The summed E-state index contributed by atoms with van der Waals surface area (Å²) in [6.07, 6.45) is 9.21. The first-order valence-electron chi connectivity index (χ1n) is 10.2. The van der Waals surface area contributed by atoms with Gasteiger partial charge in [-0.15, -0.1) is 0 Å². The Morgan fingerprint density at radius 2 is 1.44 bits per heavy atom. The van der Waals surface area contributed by atoms with Crippen molar-refractivity contribution in [1.82, 2.24) is 0 Å². The van der Waals surface area contributed by atoms with Gasteiger partial charge in [-0.1, -0.05) is 61.2 Å². The van der Waals surface area contributed by atoms with Gasteiger partial charge in [0.2, 0.25) is 0 Å². The Bertz CT molecular complexity index is 672. The van der Waals surface area contributed by atoms with Crippen molar-refractivity contribution in [3.63, 3.8) is 0 Å². The van der Waals surface area contributed by atoms with Crippen LogP contribution in [-0.2, 0) is 0 Å². The highest BCUT2D eigenvalue weighted by Gasteiger charge is 2.21. The molecule has 1 aromatic carbocycles. The van der Waals surface area contributed by atoms with Gasteiger partial charge in [0, 0.05) is 0 Å². The molecule has 25 heavy (non-hydrogen) atoms. The van der Waals surface area contributed by atoms with Crippen molar-refractivity contribution in [2.24, 2.45) is 5.92 Å². The van der Waals surface area contributed by atoms with Gasteiger partial charge >= 0.3 is 0 Å². The molecule has 0 heterocycles. The molecule has 0 unspecified atom stereocenters. The molecule has 0 aromatic heterocycles. The molecule has 1 aliphatic rings. The van der Waals surface area contributed by atoms with Gasteiger partial charge in [0.15, 0.2) is 0 Å². The smallest absolute Gasteiger partial charge is 0.0752 e. The van der Waals surface area contributed by atoms with Gasteiger partial charge in [0.05, 0.1) is 9.52 Å². The third-order valence-corrected chi connectivity index (χ3v) is 8.98. The van der Waals surface area contributed by atoms with E-state index in [1.165, 1.54) is 48.8 Å². The van der Waals surface area contributed by atoms with Crippen LogP contribution in [0.4, 0.5) is 0 Å². The molecule has 0 atom stereocenters. The minimum atomic E-state index is -0.375. The Morgan fingerprint density at radius 3 is 1.96 bits per heavy atom. The Balaban J connectivity index is 2.29. The molecule has 0 aliphatic heterocycles. The third kappa shape index (κ3) is 4.37. The summed E-state index contributed by atoms with van der Waals surface area (Å²) in [5, 5.41) is 3.53. The van der Waals surface area contributed by atoms with Crippen molar-refractivity contribution < 1.29 is 0 Å². The second-order valence-electron chi connectivity index (χ2n) is 8.43. The van der Waals surface area contributed by atoms with Gasteiger partial charge in [-0.2, -0.15) is 0 Å². The van der Waals surface area contributed by atoms with Crippen molar-refractivity contribution in [3.8, 4) is 0 Å². The molecule has 1 aliphatic carbocycles. The SMILES string of the molecule is CCCCCC1=CC(C(C)C)=C([SiH2]c2c(C)c(C)c(C)c(C)c2C)C1. The largest absolute Gasteiger partial charge is 0.0839 e. The van der Waals surface area contributed by atoms with E-state index in [2.05, 4.69) is 61.5 Å². The minimum Gasteiger partial charge on any atom is -0.0752 e. The van der Waals surface area contributed by atoms with Crippen LogP contribution in [0.1, 0.15) is 80.7 Å². The van der Waals surface area contributed by atoms with Gasteiger partial charge in [-0.05, 0) is 87.6 Å². The second-order valence-corrected chi connectivity index (χ2v) is 10.3. The van der Waals surface area contributed by atoms with Crippen molar-refractivity contribution in [1.29, 1.82) is 0 Å². The molecule has 0 bridgehead atoms. The predicted molar refractivity (Wildman–Crippen MR) is 117 cm³/mol. The summed E-state index contributed by atoms with van der Waals surface area (Å²) in [5.74, 6) is 0.666. The van der Waals surface area contributed by atoms with E-state index in [-0.39, 0.29) is 9.52 Å².